The molecule has 2 atom stereocenters. The number of hydrogen-bond donors (Lipinski definition) is 5. The lowest BCUT2D eigenvalue weighted by molar-refractivity contribution is -0.139. The van der Waals surface area contributed by atoms with Crippen molar-refractivity contribution in [2.75, 3.05) is 5.32 Å². The van der Waals surface area contributed by atoms with Crippen LogP contribution in [-0.4, -0.2) is 60.0 Å². The van der Waals surface area contributed by atoms with Gasteiger partial charge >= 0.3 is 11.9 Å². The second-order valence-corrected chi connectivity index (χ2v) is 10.9. The van der Waals surface area contributed by atoms with Crippen LogP contribution in [0.2, 0.25) is 0 Å². The number of aliphatic hydroxyl groups is 2. The Morgan fingerprint density at radius 2 is 1.42 bits per heavy atom. The first-order valence-corrected chi connectivity index (χ1v) is 14.2. The highest BCUT2D eigenvalue weighted by Crippen LogP contribution is 2.43. The first-order chi connectivity index (χ1) is 21.3. The van der Waals surface area contributed by atoms with Gasteiger partial charge in [0.05, 0.1) is 24.2 Å². The van der Waals surface area contributed by atoms with E-state index in [9.17, 15) is 38.5 Å². The summed E-state index contributed by atoms with van der Waals surface area (Å²) in [6.07, 6.45) is -1.70. The van der Waals surface area contributed by atoms with E-state index in [1.54, 1.807) is 16.7 Å². The molecule has 10 nitrogen and oxygen atoms in total. The number of aliphatic hydroxyl groups excluding tert-OH is 2. The summed E-state index contributed by atoms with van der Waals surface area (Å²) in [7, 11) is 0. The van der Waals surface area contributed by atoms with Gasteiger partial charge in [0.1, 0.15) is 23.1 Å². The average Bonchev–Trinajstić information content (AvgIpc) is 3.32. The summed E-state index contributed by atoms with van der Waals surface area (Å²) in [5, 5.41) is 41.7. The fraction of sp³-hybridized carbons (Fsp3) is 0.273. The zero-order chi connectivity index (χ0) is 32.8. The number of hydrogen-bond acceptors (Lipinski definition) is 6. The zero-order valence-electron chi connectivity index (χ0n) is 24.6. The number of carbonyl (C=O) groups is 3. The highest BCUT2D eigenvalue weighted by Gasteiger charge is 2.31. The van der Waals surface area contributed by atoms with Crippen molar-refractivity contribution >= 4 is 23.7 Å². The molecule has 0 saturated heterocycles. The summed E-state index contributed by atoms with van der Waals surface area (Å²) in [5.74, 6) is -3.89. The molecule has 5 N–H and O–H groups in total. The normalized spacial score (nSPS) is 12.6. The van der Waals surface area contributed by atoms with Gasteiger partial charge in [-0.1, -0.05) is 24.3 Å². The molecule has 0 radical (unpaired) electrons. The average molecular weight is 622 g/mol. The molecule has 4 aromatic rings. The van der Waals surface area contributed by atoms with E-state index in [-0.39, 0.29) is 42.4 Å². The second kappa shape index (κ2) is 14.2. The number of pyridine rings is 1. The quantitative estimate of drug-likeness (QED) is 0.130. The fourth-order valence-corrected chi connectivity index (χ4v) is 5.29. The van der Waals surface area contributed by atoms with Crippen LogP contribution in [0.1, 0.15) is 65.7 Å². The van der Waals surface area contributed by atoms with Gasteiger partial charge in [0, 0.05) is 29.1 Å². The Bertz CT molecular complexity index is 1670. The van der Waals surface area contributed by atoms with E-state index in [2.05, 4.69) is 10.3 Å². The minimum Gasteiger partial charge on any atom is -0.481 e. The Balaban J connectivity index is 1.90. The molecule has 0 unspecified atom stereocenters. The lowest BCUT2D eigenvalue weighted by Gasteiger charge is -2.20. The van der Waals surface area contributed by atoms with E-state index in [4.69, 9.17) is 5.11 Å². The number of benzene rings is 2. The molecule has 0 aliphatic carbocycles. The number of anilines is 1. The summed E-state index contributed by atoms with van der Waals surface area (Å²) in [6, 6.07) is 13.5. The molecule has 236 valence electrons. The molecule has 2 aromatic carbocycles. The van der Waals surface area contributed by atoms with Crippen LogP contribution in [0, 0.1) is 11.6 Å². The van der Waals surface area contributed by atoms with Crippen LogP contribution in [0.15, 0.2) is 66.9 Å². The van der Waals surface area contributed by atoms with Crippen molar-refractivity contribution in [2.24, 2.45) is 0 Å². The highest BCUT2D eigenvalue weighted by atomic mass is 19.1. The van der Waals surface area contributed by atoms with E-state index in [0.29, 0.717) is 27.9 Å². The number of carbonyl (C=O) groups excluding carboxylic acids is 1. The van der Waals surface area contributed by atoms with Crippen molar-refractivity contribution in [1.29, 1.82) is 0 Å². The van der Waals surface area contributed by atoms with Crippen LogP contribution in [0.3, 0.4) is 0 Å². The Morgan fingerprint density at radius 1 is 0.844 bits per heavy atom. The third-order valence-electron chi connectivity index (χ3n) is 7.23. The van der Waals surface area contributed by atoms with Gasteiger partial charge in [-0.3, -0.25) is 9.59 Å². The summed E-state index contributed by atoms with van der Waals surface area (Å²) in [6.45, 7) is 3.69. The molecule has 2 aromatic heterocycles. The van der Waals surface area contributed by atoms with E-state index >= 15 is 0 Å². The third kappa shape index (κ3) is 7.97. The second-order valence-electron chi connectivity index (χ2n) is 10.9. The molecule has 0 bridgehead atoms. The number of aromatic carboxylic acids is 1. The molecular weight excluding hydrogens is 588 g/mol. The lowest BCUT2D eigenvalue weighted by Crippen LogP contribution is -2.23. The van der Waals surface area contributed by atoms with Gasteiger partial charge < -0.3 is 30.3 Å². The first-order valence-electron chi connectivity index (χ1n) is 14.2. The predicted molar refractivity (Wildman–Crippen MR) is 162 cm³/mol. The molecule has 4 rings (SSSR count). The summed E-state index contributed by atoms with van der Waals surface area (Å²) >= 11 is 0. The van der Waals surface area contributed by atoms with Gasteiger partial charge in [-0.15, -0.1) is 0 Å². The Hall–Kier alpha value is -4.94. The lowest BCUT2D eigenvalue weighted by atomic mass is 9.92. The largest absolute Gasteiger partial charge is 0.481 e. The topological polar surface area (TPSA) is 162 Å². The zero-order valence-corrected chi connectivity index (χ0v) is 24.6. The maximum Gasteiger partial charge on any atom is 0.337 e. The Labute approximate surface area is 257 Å². The Kier molecular flexibility index (Phi) is 10.4. The van der Waals surface area contributed by atoms with Gasteiger partial charge in [-0.25, -0.2) is 18.6 Å². The van der Waals surface area contributed by atoms with Gasteiger partial charge in [0.15, 0.2) is 0 Å². The molecule has 12 heteroatoms. The Morgan fingerprint density at radius 3 is 1.91 bits per heavy atom. The molecular formula is C33H33F2N3O7. The minimum atomic E-state index is -1.26. The molecule has 0 fully saturated rings. The van der Waals surface area contributed by atoms with E-state index < -0.39 is 48.1 Å². The number of nitrogens with one attached hydrogen (secondary N) is 1. The maximum absolute atomic E-state index is 14.1. The molecule has 45 heavy (non-hydrogen) atoms. The van der Waals surface area contributed by atoms with Crippen LogP contribution in [0.5, 0.6) is 0 Å². The number of rotatable bonds is 13. The van der Waals surface area contributed by atoms with Gasteiger partial charge in [0.25, 0.3) is 5.91 Å². The van der Waals surface area contributed by atoms with E-state index in [1.165, 1.54) is 48.5 Å². The first kappa shape index (κ1) is 33.0. The molecule has 1 amide bonds. The molecule has 0 aliphatic heterocycles. The highest BCUT2D eigenvalue weighted by molar-refractivity contribution is 6.11. The van der Waals surface area contributed by atoms with Crippen molar-refractivity contribution in [3.63, 3.8) is 0 Å². The SMILES string of the molecule is CC(C)n1c(CC[C@@H](O)C[C@@H](O)CC(=O)O)c(-c2ccc(F)cc2)c(-c2ccc(F)cc2)c1C(=O)Nc1ccc(C(=O)O)cn1. The predicted octanol–water partition coefficient (Wildman–Crippen LogP) is 5.55. The number of aromatic nitrogens is 2. The van der Waals surface area contributed by atoms with Gasteiger partial charge in [-0.05, 0) is 80.6 Å². The summed E-state index contributed by atoms with van der Waals surface area (Å²) < 4.78 is 29.9. The summed E-state index contributed by atoms with van der Waals surface area (Å²) in [5.41, 5.74) is 2.64. The van der Waals surface area contributed by atoms with E-state index in [1.807, 2.05) is 13.8 Å². The number of amides is 1. The number of halogens is 2. The number of aliphatic carboxylic acids is 1. The van der Waals surface area contributed by atoms with Crippen LogP contribution in [-0.2, 0) is 11.2 Å². The van der Waals surface area contributed by atoms with Crippen LogP contribution in [0.4, 0.5) is 14.6 Å². The maximum atomic E-state index is 14.1. The number of nitrogens with zero attached hydrogens (tertiary/aromatic N) is 2. The van der Waals surface area contributed by atoms with Crippen molar-refractivity contribution in [3.05, 3.63) is 95.4 Å². The minimum absolute atomic E-state index is 0.0709. The molecule has 0 spiro atoms. The monoisotopic (exact) mass is 621 g/mol. The van der Waals surface area contributed by atoms with Crippen molar-refractivity contribution in [1.82, 2.24) is 9.55 Å². The molecule has 0 saturated carbocycles. The number of carboxylic acids is 2. The van der Waals surface area contributed by atoms with Crippen molar-refractivity contribution in [2.45, 2.75) is 57.8 Å². The van der Waals surface area contributed by atoms with Gasteiger partial charge in [-0.2, -0.15) is 0 Å². The third-order valence-corrected chi connectivity index (χ3v) is 7.23. The molecule has 0 aliphatic rings. The smallest absolute Gasteiger partial charge is 0.337 e. The fourth-order valence-electron chi connectivity index (χ4n) is 5.29. The van der Waals surface area contributed by atoms with Crippen molar-refractivity contribution < 1.29 is 43.6 Å². The van der Waals surface area contributed by atoms with Gasteiger partial charge in [0.2, 0.25) is 0 Å². The number of carboxylic acid groups (broad SMARTS) is 2. The van der Waals surface area contributed by atoms with Crippen LogP contribution >= 0.6 is 0 Å². The molecule has 2 heterocycles. The van der Waals surface area contributed by atoms with E-state index in [0.717, 1.165) is 6.20 Å². The van der Waals surface area contributed by atoms with Crippen LogP contribution in [0.25, 0.3) is 22.3 Å². The van der Waals surface area contributed by atoms with Crippen molar-refractivity contribution in [3.8, 4) is 22.3 Å². The summed E-state index contributed by atoms with van der Waals surface area (Å²) in [4.78, 5) is 40.4. The standard InChI is InChI=1S/C33H33F2N3O7/c1-18(2)38-26(13-12-24(39)15-25(40)16-28(41)42)29(19-3-8-22(34)9-4-19)30(20-5-10-23(35)11-6-20)31(38)32(43)37-27-14-7-21(17-36-27)33(44)45/h3-11,14,17-18,24-25,39-40H,12-13,15-16H2,1-2H3,(H,41,42)(H,44,45)(H,36,37,43)/t24-,25-/m1/s1. The van der Waals surface area contributed by atoms with Crippen LogP contribution < -0.4 is 5.32 Å².